The molecule has 5 fully saturated rings. The predicted molar refractivity (Wildman–Crippen MR) is 265 cm³/mol. The molecule has 0 bridgehead atoms. The second kappa shape index (κ2) is 20.1. The highest BCUT2D eigenvalue weighted by molar-refractivity contribution is 6.05. The van der Waals surface area contributed by atoms with Gasteiger partial charge in [-0.05, 0) is 144 Å². The van der Waals surface area contributed by atoms with Crippen LogP contribution in [0.4, 0.5) is 10.6 Å². The van der Waals surface area contributed by atoms with Crippen molar-refractivity contribution in [2.45, 2.75) is 88.4 Å². The van der Waals surface area contributed by atoms with E-state index in [1.165, 1.54) is 11.9 Å². The number of likely N-dealkylation sites (tertiary alicyclic amines) is 3. The number of imide groups is 1. The average molecular weight is 949 g/mol. The molecule has 0 spiro atoms. The van der Waals surface area contributed by atoms with E-state index < -0.39 is 6.04 Å². The zero-order valence-electron chi connectivity index (χ0n) is 40.0. The van der Waals surface area contributed by atoms with E-state index in [-0.39, 0.29) is 36.2 Å². The van der Waals surface area contributed by atoms with Crippen molar-refractivity contribution < 1.29 is 23.9 Å². The fourth-order valence-corrected chi connectivity index (χ4v) is 11.9. The van der Waals surface area contributed by atoms with Gasteiger partial charge in [0.15, 0.2) is 5.65 Å². The molecule has 5 saturated heterocycles. The van der Waals surface area contributed by atoms with Crippen molar-refractivity contribution in [1.29, 1.82) is 0 Å². The molecule has 2 unspecified atom stereocenters. The van der Waals surface area contributed by atoms with E-state index in [0.29, 0.717) is 36.3 Å². The molecular formula is C53H64N12O5. The lowest BCUT2D eigenvalue weighted by atomic mass is 9.88. The minimum Gasteiger partial charge on any atom is -0.457 e. The number of hydrogen-bond acceptors (Lipinski definition) is 12. The molecule has 17 heteroatoms. The third-order valence-electron chi connectivity index (χ3n) is 15.8. The number of hydrogen-bond donors (Lipinski definition) is 2. The van der Waals surface area contributed by atoms with Crippen LogP contribution in [0.1, 0.15) is 91.2 Å². The largest absolute Gasteiger partial charge is 0.457 e. The molecule has 70 heavy (non-hydrogen) atoms. The number of ether oxygens (including phenoxy) is 1. The predicted octanol–water partition coefficient (Wildman–Crippen LogP) is 5.74. The summed E-state index contributed by atoms with van der Waals surface area (Å²) in [5.41, 5.74) is 11.9. The number of nitrogen functional groups attached to an aromatic ring is 1. The Morgan fingerprint density at radius 2 is 1.47 bits per heavy atom. The summed E-state index contributed by atoms with van der Waals surface area (Å²) in [6, 6.07) is 24.0. The first-order valence-electron chi connectivity index (χ1n) is 25.5. The molecule has 3 N–H and O–H groups in total. The van der Waals surface area contributed by atoms with Crippen LogP contribution >= 0.6 is 0 Å². The van der Waals surface area contributed by atoms with Crippen molar-refractivity contribution in [3.8, 4) is 22.8 Å². The number of rotatable bonds is 11. The van der Waals surface area contributed by atoms with E-state index in [1.54, 1.807) is 4.90 Å². The summed E-state index contributed by atoms with van der Waals surface area (Å²) >= 11 is 0. The SMILES string of the molecule is Nc1ncnc2c1c(-c1ccc(Oc3ccccc3)cc1)nn2C1CCCN(C2CCN(C(=O)N3CCN(CCCN4CCC(c5ccc6c(c5)CN(C5CCC(=O)NC5=O)C6=O)CC4)CC3)CC2)C1. The van der Waals surface area contributed by atoms with Gasteiger partial charge >= 0.3 is 6.03 Å². The number of nitrogens with one attached hydrogen (secondary N) is 1. The Labute approximate surface area is 408 Å². The summed E-state index contributed by atoms with van der Waals surface area (Å²) in [6.45, 7) is 11.5. The van der Waals surface area contributed by atoms with Crippen LogP contribution in [0.15, 0.2) is 79.1 Å². The Balaban J connectivity index is 0.608. The second-order valence-electron chi connectivity index (χ2n) is 20.1. The number of piperazine rings is 1. The van der Waals surface area contributed by atoms with Gasteiger partial charge in [-0.15, -0.1) is 0 Å². The van der Waals surface area contributed by atoms with E-state index >= 15 is 0 Å². The van der Waals surface area contributed by atoms with Crippen LogP contribution < -0.4 is 15.8 Å². The van der Waals surface area contributed by atoms with Crippen LogP contribution in [0.25, 0.3) is 22.3 Å². The first-order valence-corrected chi connectivity index (χ1v) is 25.5. The van der Waals surface area contributed by atoms with Gasteiger partial charge in [0.1, 0.15) is 35.4 Å². The number of para-hydroxylation sites is 1. The maximum absolute atomic E-state index is 13.8. The Morgan fingerprint density at radius 3 is 2.23 bits per heavy atom. The van der Waals surface area contributed by atoms with Crippen LogP contribution in [-0.4, -0.2) is 164 Å². The van der Waals surface area contributed by atoms with Gasteiger partial charge in [0, 0.05) is 75.9 Å². The summed E-state index contributed by atoms with van der Waals surface area (Å²) < 4.78 is 8.12. The quantitative estimate of drug-likeness (QED) is 0.154. The first kappa shape index (κ1) is 46.0. The molecule has 2 atom stereocenters. The lowest BCUT2D eigenvalue weighted by Gasteiger charge is -2.44. The molecule has 2 aromatic heterocycles. The Bertz CT molecular complexity index is 2710. The number of amides is 5. The monoisotopic (exact) mass is 949 g/mol. The summed E-state index contributed by atoms with van der Waals surface area (Å²) in [5, 5.41) is 8.35. The van der Waals surface area contributed by atoms with Crippen LogP contribution in [-0.2, 0) is 16.1 Å². The number of fused-ring (bicyclic) bond motifs is 2. The van der Waals surface area contributed by atoms with Crippen LogP contribution in [0, 0.1) is 0 Å². The van der Waals surface area contributed by atoms with Gasteiger partial charge in [-0.25, -0.2) is 19.4 Å². The molecule has 5 aromatic rings. The number of piperidine rings is 4. The number of benzene rings is 3. The summed E-state index contributed by atoms with van der Waals surface area (Å²) in [7, 11) is 0. The molecule has 5 amide bonds. The second-order valence-corrected chi connectivity index (χ2v) is 20.1. The van der Waals surface area contributed by atoms with E-state index in [2.05, 4.69) is 51.6 Å². The molecule has 6 aliphatic heterocycles. The van der Waals surface area contributed by atoms with Crippen LogP contribution in [0.2, 0.25) is 0 Å². The zero-order valence-corrected chi connectivity index (χ0v) is 40.0. The lowest BCUT2D eigenvalue weighted by Crippen LogP contribution is -2.56. The van der Waals surface area contributed by atoms with Crippen LogP contribution in [0.3, 0.4) is 0 Å². The van der Waals surface area contributed by atoms with E-state index in [0.717, 1.165) is 163 Å². The highest BCUT2D eigenvalue weighted by atomic mass is 16.5. The Kier molecular flexibility index (Phi) is 13.2. The number of nitrogens with two attached hydrogens (primary N) is 1. The minimum atomic E-state index is -0.588. The molecular weight excluding hydrogens is 885 g/mol. The Hall–Kier alpha value is -6.43. The Morgan fingerprint density at radius 1 is 0.743 bits per heavy atom. The maximum atomic E-state index is 13.8. The van der Waals surface area contributed by atoms with Gasteiger partial charge in [-0.2, -0.15) is 5.10 Å². The highest BCUT2D eigenvalue weighted by Gasteiger charge is 2.40. The van der Waals surface area contributed by atoms with Gasteiger partial charge in [-0.1, -0.05) is 30.3 Å². The average Bonchev–Trinajstić information content (AvgIpc) is 3.95. The third-order valence-corrected chi connectivity index (χ3v) is 15.8. The number of carbonyl (C=O) groups is 4. The first-order chi connectivity index (χ1) is 34.2. The molecule has 6 aliphatic rings. The number of nitrogens with zero attached hydrogens (tertiary/aromatic N) is 10. The number of urea groups is 1. The van der Waals surface area contributed by atoms with Crippen molar-refractivity contribution in [3.63, 3.8) is 0 Å². The van der Waals surface area contributed by atoms with Crippen molar-refractivity contribution in [2.24, 2.45) is 0 Å². The topological polar surface area (TPSA) is 179 Å². The third kappa shape index (κ3) is 9.58. The molecule has 11 rings (SSSR count). The minimum absolute atomic E-state index is 0.118. The lowest BCUT2D eigenvalue weighted by molar-refractivity contribution is -0.136. The smallest absolute Gasteiger partial charge is 0.320 e. The standard InChI is InChI=1S/C53H64N12O5/c54-49-47-48(37-9-12-43(13-10-37)70-42-7-2-1-3-8-42)58-65(50(47)56-35-55-49)41-6-4-23-63(34-41)40-19-26-61(27-20-40)53(69)62-30-28-60(29-31-62)22-5-21-59-24-17-36(18-25-59)38-11-14-44-39(32-38)33-64(52(44)68)45-15-16-46(66)57-51(45)67/h1-3,7-14,32,35-36,40-41,45H,4-6,15-31,33-34H2,(H2,54,55,56)(H,57,66,67). The summed E-state index contributed by atoms with van der Waals surface area (Å²) in [5.74, 6) is 1.64. The van der Waals surface area contributed by atoms with Gasteiger partial charge < -0.3 is 30.1 Å². The number of carbonyl (C=O) groups excluding carboxylic acids is 4. The molecule has 8 heterocycles. The molecule has 17 nitrogen and oxygen atoms in total. The normalized spacial score (nSPS) is 22.5. The van der Waals surface area contributed by atoms with Gasteiger partial charge in [0.25, 0.3) is 5.91 Å². The fourth-order valence-electron chi connectivity index (χ4n) is 11.9. The maximum Gasteiger partial charge on any atom is 0.320 e. The van der Waals surface area contributed by atoms with Crippen molar-refractivity contribution >= 4 is 40.6 Å². The summed E-state index contributed by atoms with van der Waals surface area (Å²) in [4.78, 5) is 73.7. The fraction of sp³-hybridized carbons (Fsp3) is 0.491. The number of aromatic nitrogens is 4. The molecule has 0 aliphatic carbocycles. The zero-order chi connectivity index (χ0) is 47.7. The van der Waals surface area contributed by atoms with Crippen LogP contribution in [0.5, 0.6) is 11.5 Å². The number of anilines is 1. The molecule has 0 saturated carbocycles. The molecule has 3 aromatic carbocycles. The van der Waals surface area contributed by atoms with Crippen molar-refractivity contribution in [3.05, 3.63) is 95.8 Å². The van der Waals surface area contributed by atoms with E-state index in [4.69, 9.17) is 20.6 Å². The van der Waals surface area contributed by atoms with Gasteiger partial charge in [-0.3, -0.25) is 29.5 Å². The molecule has 366 valence electrons. The van der Waals surface area contributed by atoms with Gasteiger partial charge in [0.05, 0.1) is 11.4 Å². The van der Waals surface area contributed by atoms with Crippen molar-refractivity contribution in [2.75, 3.05) is 84.3 Å². The van der Waals surface area contributed by atoms with E-state index in [1.807, 2.05) is 60.7 Å². The van der Waals surface area contributed by atoms with E-state index in [9.17, 15) is 19.2 Å². The van der Waals surface area contributed by atoms with Crippen molar-refractivity contribution in [1.82, 2.24) is 54.5 Å². The molecule has 0 radical (unpaired) electrons. The highest BCUT2D eigenvalue weighted by Crippen LogP contribution is 2.37. The van der Waals surface area contributed by atoms with Gasteiger partial charge in [0.2, 0.25) is 11.8 Å². The summed E-state index contributed by atoms with van der Waals surface area (Å²) in [6.07, 6.45) is 9.44.